The van der Waals surface area contributed by atoms with Crippen molar-refractivity contribution in [2.45, 2.75) is 32.7 Å². The SMILES string of the molecule is CCCn1ccc2cc(NC(=O)Nc3cccnc3N3CCCC3)ccc21. The number of benzene rings is 1. The standard InChI is InChI=1S/C21H25N5O/c1-2-11-25-14-9-16-15-17(7-8-19(16)25)23-21(27)24-18-6-5-10-22-20(18)26-12-3-4-13-26/h5-10,14-15H,2-4,11-13H2,1H3,(H2,23,24,27). The highest BCUT2D eigenvalue weighted by molar-refractivity contribution is 6.02. The van der Waals surface area contributed by atoms with Gasteiger partial charge >= 0.3 is 6.03 Å². The Hall–Kier alpha value is -3.02. The predicted molar refractivity (Wildman–Crippen MR) is 111 cm³/mol. The molecule has 1 saturated heterocycles. The maximum atomic E-state index is 12.5. The number of carbonyl (C=O) groups excluding carboxylic acids is 1. The summed E-state index contributed by atoms with van der Waals surface area (Å²) in [7, 11) is 0. The van der Waals surface area contributed by atoms with Gasteiger partial charge in [0.15, 0.2) is 5.82 Å². The van der Waals surface area contributed by atoms with Gasteiger partial charge in [0.25, 0.3) is 0 Å². The number of anilines is 3. The zero-order chi connectivity index (χ0) is 18.6. The van der Waals surface area contributed by atoms with Gasteiger partial charge in [0, 0.05) is 48.6 Å². The molecule has 1 aromatic carbocycles. The van der Waals surface area contributed by atoms with Gasteiger partial charge in [0.2, 0.25) is 0 Å². The number of pyridine rings is 1. The Morgan fingerprint density at radius 1 is 1.15 bits per heavy atom. The van der Waals surface area contributed by atoms with Gasteiger partial charge in [-0.1, -0.05) is 6.92 Å². The lowest BCUT2D eigenvalue weighted by Crippen LogP contribution is -2.24. The van der Waals surface area contributed by atoms with Gasteiger partial charge in [-0.2, -0.15) is 0 Å². The summed E-state index contributed by atoms with van der Waals surface area (Å²) in [6.07, 6.45) is 7.29. The fourth-order valence-corrected chi connectivity index (χ4v) is 3.67. The van der Waals surface area contributed by atoms with Crippen LogP contribution in [0.5, 0.6) is 0 Å². The van der Waals surface area contributed by atoms with Crippen molar-refractivity contribution >= 4 is 34.1 Å². The number of fused-ring (bicyclic) bond motifs is 1. The third kappa shape index (κ3) is 3.74. The van der Waals surface area contributed by atoms with Crippen molar-refractivity contribution in [3.63, 3.8) is 0 Å². The van der Waals surface area contributed by atoms with E-state index in [1.165, 1.54) is 18.4 Å². The van der Waals surface area contributed by atoms with Crippen LogP contribution in [-0.4, -0.2) is 28.7 Å². The lowest BCUT2D eigenvalue weighted by atomic mass is 10.2. The molecule has 2 amide bonds. The molecule has 6 heteroatoms. The average Bonchev–Trinajstić information content (AvgIpc) is 3.33. The second-order valence-electron chi connectivity index (χ2n) is 6.93. The summed E-state index contributed by atoms with van der Waals surface area (Å²) >= 11 is 0. The molecule has 0 atom stereocenters. The van der Waals surface area contributed by atoms with E-state index < -0.39 is 0 Å². The molecule has 27 heavy (non-hydrogen) atoms. The third-order valence-electron chi connectivity index (χ3n) is 4.93. The van der Waals surface area contributed by atoms with E-state index in [2.05, 4.69) is 50.3 Å². The first-order valence-electron chi connectivity index (χ1n) is 9.61. The largest absolute Gasteiger partial charge is 0.355 e. The van der Waals surface area contributed by atoms with Crippen molar-refractivity contribution in [2.24, 2.45) is 0 Å². The Balaban J connectivity index is 1.48. The molecule has 1 aliphatic heterocycles. The Bertz CT molecular complexity index is 943. The monoisotopic (exact) mass is 363 g/mol. The molecule has 1 fully saturated rings. The lowest BCUT2D eigenvalue weighted by Gasteiger charge is -2.20. The highest BCUT2D eigenvalue weighted by Crippen LogP contribution is 2.26. The summed E-state index contributed by atoms with van der Waals surface area (Å²) in [6, 6.07) is 11.6. The quantitative estimate of drug-likeness (QED) is 0.691. The van der Waals surface area contributed by atoms with Crippen LogP contribution in [0.4, 0.5) is 22.0 Å². The number of carbonyl (C=O) groups is 1. The van der Waals surface area contributed by atoms with Gasteiger partial charge < -0.3 is 20.1 Å². The smallest absolute Gasteiger partial charge is 0.323 e. The number of nitrogens with zero attached hydrogens (tertiary/aromatic N) is 3. The first-order chi connectivity index (χ1) is 13.2. The van der Waals surface area contributed by atoms with E-state index >= 15 is 0 Å². The number of nitrogens with one attached hydrogen (secondary N) is 2. The van der Waals surface area contributed by atoms with E-state index in [0.717, 1.165) is 48.6 Å². The van der Waals surface area contributed by atoms with Crippen LogP contribution in [-0.2, 0) is 6.54 Å². The highest BCUT2D eigenvalue weighted by Gasteiger charge is 2.18. The number of hydrogen-bond acceptors (Lipinski definition) is 3. The topological polar surface area (TPSA) is 62.2 Å². The first-order valence-corrected chi connectivity index (χ1v) is 9.61. The van der Waals surface area contributed by atoms with Crippen LogP contribution in [0.3, 0.4) is 0 Å². The first kappa shape index (κ1) is 17.4. The number of aryl methyl sites for hydroxylation is 1. The van der Waals surface area contributed by atoms with E-state index in [-0.39, 0.29) is 6.03 Å². The van der Waals surface area contributed by atoms with Crippen LogP contribution in [0.25, 0.3) is 10.9 Å². The Kier molecular flexibility index (Phi) is 4.96. The van der Waals surface area contributed by atoms with E-state index in [1.54, 1.807) is 6.20 Å². The van der Waals surface area contributed by atoms with Crippen molar-refractivity contribution in [3.05, 3.63) is 48.8 Å². The summed E-state index contributed by atoms with van der Waals surface area (Å²) in [4.78, 5) is 19.2. The van der Waals surface area contributed by atoms with Gasteiger partial charge in [0.05, 0.1) is 5.69 Å². The van der Waals surface area contributed by atoms with Gasteiger partial charge in [-0.05, 0) is 55.7 Å². The van der Waals surface area contributed by atoms with Crippen molar-refractivity contribution in [2.75, 3.05) is 28.6 Å². The second kappa shape index (κ2) is 7.70. The summed E-state index contributed by atoms with van der Waals surface area (Å²) in [6.45, 7) is 5.13. The van der Waals surface area contributed by atoms with Crippen LogP contribution in [0, 0.1) is 0 Å². The molecule has 0 spiro atoms. The molecule has 3 aromatic rings. The average molecular weight is 363 g/mol. The molecule has 3 heterocycles. The minimum Gasteiger partial charge on any atom is -0.355 e. The van der Waals surface area contributed by atoms with Crippen LogP contribution in [0.1, 0.15) is 26.2 Å². The molecule has 2 N–H and O–H groups in total. The summed E-state index contributed by atoms with van der Waals surface area (Å²) in [5.74, 6) is 0.845. The highest BCUT2D eigenvalue weighted by atomic mass is 16.2. The van der Waals surface area contributed by atoms with Gasteiger partial charge in [-0.25, -0.2) is 9.78 Å². The fourth-order valence-electron chi connectivity index (χ4n) is 3.67. The molecule has 140 valence electrons. The van der Waals surface area contributed by atoms with Crippen LogP contribution < -0.4 is 15.5 Å². The summed E-state index contributed by atoms with van der Waals surface area (Å²) in [5.41, 5.74) is 2.71. The zero-order valence-electron chi connectivity index (χ0n) is 15.6. The summed E-state index contributed by atoms with van der Waals surface area (Å²) in [5, 5.41) is 7.01. The third-order valence-corrected chi connectivity index (χ3v) is 4.93. The predicted octanol–water partition coefficient (Wildman–Crippen LogP) is 4.69. The maximum Gasteiger partial charge on any atom is 0.323 e. The number of urea groups is 1. The molecular weight excluding hydrogens is 338 g/mol. The minimum atomic E-state index is -0.254. The molecule has 0 aliphatic carbocycles. The lowest BCUT2D eigenvalue weighted by molar-refractivity contribution is 0.262. The molecule has 0 unspecified atom stereocenters. The second-order valence-corrected chi connectivity index (χ2v) is 6.93. The van der Waals surface area contributed by atoms with Crippen molar-refractivity contribution in [1.82, 2.24) is 9.55 Å². The number of rotatable bonds is 5. The normalized spacial score (nSPS) is 13.9. The van der Waals surface area contributed by atoms with Crippen molar-refractivity contribution in [1.29, 1.82) is 0 Å². The van der Waals surface area contributed by atoms with E-state index in [9.17, 15) is 4.79 Å². The van der Waals surface area contributed by atoms with Gasteiger partial charge in [-0.15, -0.1) is 0 Å². The summed E-state index contributed by atoms with van der Waals surface area (Å²) < 4.78 is 2.23. The number of amides is 2. The Morgan fingerprint density at radius 3 is 2.81 bits per heavy atom. The minimum absolute atomic E-state index is 0.254. The van der Waals surface area contributed by atoms with Crippen LogP contribution in [0.15, 0.2) is 48.8 Å². The van der Waals surface area contributed by atoms with E-state index in [4.69, 9.17) is 0 Å². The Morgan fingerprint density at radius 2 is 2.00 bits per heavy atom. The molecule has 0 radical (unpaired) electrons. The number of hydrogen-bond donors (Lipinski definition) is 2. The van der Waals surface area contributed by atoms with Crippen LogP contribution >= 0.6 is 0 Å². The molecule has 6 nitrogen and oxygen atoms in total. The van der Waals surface area contributed by atoms with Gasteiger partial charge in [-0.3, -0.25) is 0 Å². The van der Waals surface area contributed by atoms with E-state index in [0.29, 0.717) is 0 Å². The van der Waals surface area contributed by atoms with Crippen molar-refractivity contribution < 1.29 is 4.79 Å². The number of aromatic nitrogens is 2. The molecule has 4 rings (SSSR count). The molecule has 0 bridgehead atoms. The van der Waals surface area contributed by atoms with Gasteiger partial charge in [0.1, 0.15) is 0 Å². The molecular formula is C21H25N5O. The van der Waals surface area contributed by atoms with Crippen molar-refractivity contribution in [3.8, 4) is 0 Å². The van der Waals surface area contributed by atoms with Crippen LogP contribution in [0.2, 0.25) is 0 Å². The maximum absolute atomic E-state index is 12.5. The molecule has 2 aromatic heterocycles. The fraction of sp³-hybridized carbons (Fsp3) is 0.333. The zero-order valence-corrected chi connectivity index (χ0v) is 15.6. The van der Waals surface area contributed by atoms with E-state index in [1.807, 2.05) is 24.3 Å². The molecule has 0 saturated carbocycles. The molecule has 1 aliphatic rings. The Labute approximate surface area is 159 Å².